The molecule has 1 aromatic heterocycles. The summed E-state index contributed by atoms with van der Waals surface area (Å²) < 4.78 is 5.01. The number of benzene rings is 1. The van der Waals surface area contributed by atoms with Gasteiger partial charge in [-0.1, -0.05) is 0 Å². The molecule has 2 atom stereocenters. The molecule has 0 radical (unpaired) electrons. The number of aliphatic hydroxyl groups excluding tert-OH is 1. The van der Waals surface area contributed by atoms with Crippen molar-refractivity contribution in [2.24, 2.45) is 0 Å². The number of nitrogens with one attached hydrogen (secondary N) is 1. The van der Waals surface area contributed by atoms with E-state index in [0.29, 0.717) is 11.5 Å². The number of rotatable bonds is 5. The zero-order valence-electron chi connectivity index (χ0n) is 11.1. The largest absolute Gasteiger partial charge is 0.480 e. The Labute approximate surface area is 119 Å². The zero-order valence-corrected chi connectivity index (χ0v) is 11.1. The van der Waals surface area contributed by atoms with Gasteiger partial charge in [-0.05, 0) is 31.2 Å². The molecule has 110 valence electrons. The third-order valence-corrected chi connectivity index (χ3v) is 2.79. The first kappa shape index (κ1) is 14.7. The topological polar surface area (TPSA) is 126 Å². The highest BCUT2D eigenvalue weighted by Crippen LogP contribution is 2.16. The van der Waals surface area contributed by atoms with Crippen LogP contribution in [0.3, 0.4) is 0 Å². The van der Waals surface area contributed by atoms with E-state index in [2.05, 4.69) is 15.5 Å². The molecule has 0 spiro atoms. The molecule has 0 aliphatic rings. The Bertz CT molecular complexity index is 622. The Balaban J connectivity index is 2.11. The second-order valence-electron chi connectivity index (χ2n) is 4.35. The summed E-state index contributed by atoms with van der Waals surface area (Å²) in [6.45, 7) is 1.29. The van der Waals surface area contributed by atoms with Gasteiger partial charge in [0.1, 0.15) is 0 Å². The van der Waals surface area contributed by atoms with Gasteiger partial charge in [-0.3, -0.25) is 4.79 Å². The van der Waals surface area contributed by atoms with Crippen molar-refractivity contribution < 1.29 is 24.2 Å². The molecule has 8 heteroatoms. The van der Waals surface area contributed by atoms with Crippen LogP contribution in [-0.4, -0.2) is 44.4 Å². The van der Waals surface area contributed by atoms with E-state index in [4.69, 9.17) is 9.52 Å². The summed E-state index contributed by atoms with van der Waals surface area (Å²) in [5.74, 6) is -1.59. The van der Waals surface area contributed by atoms with Crippen LogP contribution >= 0.6 is 0 Å². The van der Waals surface area contributed by atoms with E-state index >= 15 is 0 Å². The fourth-order valence-electron chi connectivity index (χ4n) is 1.68. The third-order valence-electron chi connectivity index (χ3n) is 2.79. The summed E-state index contributed by atoms with van der Waals surface area (Å²) in [6, 6.07) is 4.82. The number of amides is 1. The number of carbonyl (C=O) groups excluding carboxylic acids is 1. The van der Waals surface area contributed by atoms with Gasteiger partial charge in [-0.15, -0.1) is 10.2 Å². The molecular weight excluding hydrogens is 278 g/mol. The Morgan fingerprint density at radius 3 is 2.43 bits per heavy atom. The Kier molecular flexibility index (Phi) is 4.29. The minimum atomic E-state index is -1.37. The fourth-order valence-corrected chi connectivity index (χ4v) is 1.68. The normalized spacial score (nSPS) is 13.4. The van der Waals surface area contributed by atoms with E-state index in [0.717, 1.165) is 0 Å². The number of hydrogen-bond acceptors (Lipinski definition) is 6. The summed E-state index contributed by atoms with van der Waals surface area (Å²) >= 11 is 0. The van der Waals surface area contributed by atoms with Gasteiger partial charge in [-0.25, -0.2) is 4.79 Å². The molecule has 21 heavy (non-hydrogen) atoms. The molecule has 1 aromatic carbocycles. The molecule has 0 saturated carbocycles. The maximum atomic E-state index is 11.9. The van der Waals surface area contributed by atoms with E-state index in [9.17, 15) is 14.7 Å². The van der Waals surface area contributed by atoms with Crippen LogP contribution in [0.15, 0.2) is 35.1 Å². The quantitative estimate of drug-likeness (QED) is 0.723. The minimum Gasteiger partial charge on any atom is -0.480 e. The predicted molar refractivity (Wildman–Crippen MR) is 70.3 cm³/mol. The van der Waals surface area contributed by atoms with Crippen molar-refractivity contribution in [2.45, 2.75) is 19.1 Å². The Hall–Kier alpha value is -2.74. The molecule has 2 unspecified atom stereocenters. The summed E-state index contributed by atoms with van der Waals surface area (Å²) in [7, 11) is 0. The van der Waals surface area contributed by atoms with Crippen LogP contribution < -0.4 is 5.32 Å². The lowest BCUT2D eigenvalue weighted by Gasteiger charge is -2.16. The number of aromatic nitrogens is 2. The Morgan fingerprint density at radius 1 is 1.29 bits per heavy atom. The van der Waals surface area contributed by atoms with Gasteiger partial charge in [0.05, 0.1) is 6.10 Å². The summed E-state index contributed by atoms with van der Waals surface area (Å²) in [5, 5.41) is 27.8. The first-order valence-electron chi connectivity index (χ1n) is 6.07. The summed E-state index contributed by atoms with van der Waals surface area (Å²) in [6.07, 6.45) is -0.0140. The van der Waals surface area contributed by atoms with Crippen LogP contribution in [0.5, 0.6) is 0 Å². The molecule has 0 bridgehead atoms. The van der Waals surface area contributed by atoms with E-state index in [1.54, 1.807) is 12.1 Å². The van der Waals surface area contributed by atoms with Gasteiger partial charge >= 0.3 is 5.97 Å². The molecule has 2 rings (SSSR count). The smallest absolute Gasteiger partial charge is 0.328 e. The van der Waals surface area contributed by atoms with Crippen LogP contribution in [-0.2, 0) is 4.79 Å². The number of aliphatic hydroxyl groups is 1. The maximum absolute atomic E-state index is 11.9. The molecule has 0 saturated heterocycles. The average molecular weight is 291 g/mol. The Morgan fingerprint density at radius 2 is 1.95 bits per heavy atom. The van der Waals surface area contributed by atoms with Gasteiger partial charge < -0.3 is 19.9 Å². The van der Waals surface area contributed by atoms with Crippen molar-refractivity contribution in [3.8, 4) is 11.5 Å². The highest BCUT2D eigenvalue weighted by atomic mass is 16.4. The highest BCUT2D eigenvalue weighted by molar-refractivity contribution is 5.97. The molecule has 8 nitrogen and oxygen atoms in total. The number of nitrogens with zero attached hydrogens (tertiary/aromatic N) is 2. The lowest BCUT2D eigenvalue weighted by molar-refractivity contribution is -0.141. The maximum Gasteiger partial charge on any atom is 0.328 e. The lowest BCUT2D eigenvalue weighted by atomic mass is 10.1. The number of carboxylic acid groups (broad SMARTS) is 1. The minimum absolute atomic E-state index is 0.255. The monoisotopic (exact) mass is 291 g/mol. The third kappa shape index (κ3) is 3.42. The van der Waals surface area contributed by atoms with Crippen LogP contribution in [0.2, 0.25) is 0 Å². The first-order chi connectivity index (χ1) is 9.99. The lowest BCUT2D eigenvalue weighted by Crippen LogP contribution is -2.47. The van der Waals surface area contributed by atoms with Gasteiger partial charge in [0, 0.05) is 11.1 Å². The fraction of sp³-hybridized carbons (Fsp3) is 0.231. The molecule has 1 amide bonds. The van der Waals surface area contributed by atoms with Crippen molar-refractivity contribution in [2.75, 3.05) is 0 Å². The van der Waals surface area contributed by atoms with Crippen LogP contribution in [0.25, 0.3) is 11.5 Å². The van der Waals surface area contributed by atoms with Gasteiger partial charge in [-0.2, -0.15) is 0 Å². The number of aliphatic carboxylic acids is 1. The van der Waals surface area contributed by atoms with Crippen LogP contribution in [0.4, 0.5) is 0 Å². The SMILES string of the molecule is CC(O)C(NC(=O)c1ccc(-c2nnco2)cc1)C(=O)O. The van der Waals surface area contributed by atoms with E-state index in [1.165, 1.54) is 25.5 Å². The highest BCUT2D eigenvalue weighted by Gasteiger charge is 2.25. The number of carboxylic acids is 1. The van der Waals surface area contributed by atoms with Gasteiger partial charge in [0.15, 0.2) is 6.04 Å². The predicted octanol–water partition coefficient (Wildman–Crippen LogP) is 0.300. The van der Waals surface area contributed by atoms with Crippen molar-refractivity contribution in [1.82, 2.24) is 15.5 Å². The standard InChI is InChI=1S/C13H13N3O5/c1-7(17)10(13(19)20)15-11(18)8-2-4-9(5-3-8)12-16-14-6-21-12/h2-7,10,17H,1H3,(H,15,18)(H,19,20). The second kappa shape index (κ2) is 6.14. The zero-order chi connectivity index (χ0) is 15.4. The van der Waals surface area contributed by atoms with Crippen molar-refractivity contribution >= 4 is 11.9 Å². The summed E-state index contributed by atoms with van der Waals surface area (Å²) in [4.78, 5) is 22.8. The second-order valence-corrected chi connectivity index (χ2v) is 4.35. The average Bonchev–Trinajstić information content (AvgIpc) is 2.98. The molecule has 0 fully saturated rings. The molecule has 3 N–H and O–H groups in total. The van der Waals surface area contributed by atoms with Crippen molar-refractivity contribution in [1.29, 1.82) is 0 Å². The molecular formula is C13H13N3O5. The molecule has 0 aliphatic carbocycles. The molecule has 0 aliphatic heterocycles. The number of carbonyl (C=O) groups is 2. The van der Waals surface area contributed by atoms with E-state index < -0.39 is 24.0 Å². The van der Waals surface area contributed by atoms with E-state index in [1.807, 2.05) is 0 Å². The van der Waals surface area contributed by atoms with Gasteiger partial charge in [0.25, 0.3) is 5.91 Å². The van der Waals surface area contributed by atoms with Crippen LogP contribution in [0, 0.1) is 0 Å². The van der Waals surface area contributed by atoms with Crippen molar-refractivity contribution in [3.63, 3.8) is 0 Å². The number of hydrogen-bond donors (Lipinski definition) is 3. The van der Waals surface area contributed by atoms with E-state index in [-0.39, 0.29) is 5.56 Å². The summed E-state index contributed by atoms with van der Waals surface area (Å²) in [5.41, 5.74) is 0.888. The molecule has 1 heterocycles. The van der Waals surface area contributed by atoms with Crippen LogP contribution in [0.1, 0.15) is 17.3 Å². The van der Waals surface area contributed by atoms with Crippen molar-refractivity contribution in [3.05, 3.63) is 36.2 Å². The van der Waals surface area contributed by atoms with Gasteiger partial charge in [0.2, 0.25) is 12.3 Å². The molecule has 2 aromatic rings. The first-order valence-corrected chi connectivity index (χ1v) is 6.07.